The number of benzene rings is 4. The van der Waals surface area contributed by atoms with Gasteiger partial charge in [-0.15, -0.1) is 0 Å². The van der Waals surface area contributed by atoms with Crippen molar-refractivity contribution in [2.45, 2.75) is 89.5 Å². The zero-order valence-corrected chi connectivity index (χ0v) is 34.3. The van der Waals surface area contributed by atoms with Crippen molar-refractivity contribution in [1.29, 1.82) is 0 Å². The lowest BCUT2D eigenvalue weighted by atomic mass is 9.93. The Kier molecular flexibility index (Phi) is 19.2. The van der Waals surface area contributed by atoms with Crippen LogP contribution in [0.2, 0.25) is 0 Å². The maximum absolute atomic E-state index is 13.9. The van der Waals surface area contributed by atoms with Gasteiger partial charge in [-0.3, -0.25) is 14.4 Å². The minimum Gasteiger partial charge on any atom is -0.489 e. The van der Waals surface area contributed by atoms with E-state index in [1.165, 1.54) is 0 Å². The van der Waals surface area contributed by atoms with Gasteiger partial charge in [0.2, 0.25) is 11.8 Å². The Bertz CT molecular complexity index is 1910. The molecule has 0 bridgehead atoms. The van der Waals surface area contributed by atoms with Gasteiger partial charge in [-0.2, -0.15) is 0 Å². The predicted octanol–water partition coefficient (Wildman–Crippen LogP) is 7.41. The van der Waals surface area contributed by atoms with Crippen LogP contribution in [0.5, 0.6) is 5.75 Å². The molecule has 0 saturated heterocycles. The lowest BCUT2D eigenvalue weighted by Crippen LogP contribution is -2.45. The lowest BCUT2D eigenvalue weighted by molar-refractivity contribution is -0.150. The zero-order chi connectivity index (χ0) is 42.2. The van der Waals surface area contributed by atoms with E-state index in [-0.39, 0.29) is 49.9 Å². The summed E-state index contributed by atoms with van der Waals surface area (Å²) in [6.07, 6.45) is 8.52. The normalized spacial score (nSPS) is 17.9. The molecular formula is C49H59N3O8. The van der Waals surface area contributed by atoms with Crippen LogP contribution in [-0.2, 0) is 49.9 Å². The largest absolute Gasteiger partial charge is 0.489 e. The summed E-state index contributed by atoms with van der Waals surface area (Å²) in [6, 6.07) is 35.7. The minimum absolute atomic E-state index is 0.0141. The third-order valence-corrected chi connectivity index (χ3v) is 10.4. The summed E-state index contributed by atoms with van der Waals surface area (Å²) in [6.45, 7) is 0.712. The minimum atomic E-state index is -0.685. The van der Waals surface area contributed by atoms with E-state index in [4.69, 9.17) is 14.2 Å². The number of unbranched alkanes of at least 4 members (excludes halogenated alkanes) is 1. The van der Waals surface area contributed by atoms with Gasteiger partial charge in [0.1, 0.15) is 25.6 Å². The number of ether oxygens (including phenoxy) is 3. The molecule has 0 aromatic heterocycles. The van der Waals surface area contributed by atoms with Crippen LogP contribution in [0.25, 0.3) is 0 Å². The summed E-state index contributed by atoms with van der Waals surface area (Å²) >= 11 is 0. The molecular weight excluding hydrogens is 759 g/mol. The smallest absolute Gasteiger partial charge is 0.407 e. The molecule has 0 aliphatic carbocycles. The third-order valence-electron chi connectivity index (χ3n) is 10.4. The van der Waals surface area contributed by atoms with Gasteiger partial charge < -0.3 is 35.3 Å². The first-order valence-corrected chi connectivity index (χ1v) is 21.1. The maximum Gasteiger partial charge on any atom is 0.407 e. The molecule has 4 N–H and O–H groups in total. The second-order valence-corrected chi connectivity index (χ2v) is 15.3. The van der Waals surface area contributed by atoms with Crippen molar-refractivity contribution in [3.63, 3.8) is 0 Å². The van der Waals surface area contributed by atoms with Gasteiger partial charge in [0.05, 0.1) is 30.5 Å². The molecule has 0 saturated carbocycles. The number of rotatable bonds is 18. The summed E-state index contributed by atoms with van der Waals surface area (Å²) in [5, 5.41) is 19.0. The number of hydrogen-bond donors (Lipinski definition) is 4. The molecule has 0 fully saturated rings. The van der Waals surface area contributed by atoms with Gasteiger partial charge in [0, 0.05) is 13.0 Å². The van der Waals surface area contributed by atoms with Gasteiger partial charge in [-0.1, -0.05) is 115 Å². The average molecular weight is 818 g/mol. The molecule has 1 heterocycles. The number of carbonyl (C=O) groups excluding carboxylic acids is 4. The summed E-state index contributed by atoms with van der Waals surface area (Å²) in [4.78, 5) is 53.1. The Morgan fingerprint density at radius 2 is 1.45 bits per heavy atom. The van der Waals surface area contributed by atoms with E-state index in [1.54, 1.807) is 0 Å². The number of carbonyl (C=O) groups is 4. The van der Waals surface area contributed by atoms with Crippen molar-refractivity contribution in [2.75, 3.05) is 19.8 Å². The van der Waals surface area contributed by atoms with Gasteiger partial charge in [0.25, 0.3) is 0 Å². The molecule has 1 aliphatic heterocycles. The number of cyclic esters (lactones) is 1. The molecule has 4 unspecified atom stereocenters. The molecule has 0 radical (unpaired) electrons. The summed E-state index contributed by atoms with van der Waals surface area (Å²) in [5.41, 5.74) is 3.94. The zero-order valence-electron chi connectivity index (χ0n) is 34.3. The van der Waals surface area contributed by atoms with E-state index >= 15 is 0 Å². The van der Waals surface area contributed by atoms with E-state index < -0.39 is 24.1 Å². The topological polar surface area (TPSA) is 152 Å². The summed E-state index contributed by atoms with van der Waals surface area (Å²) in [5.74, 6) is -1.26. The standard InChI is InChI=1S/C49H59N3O8/c53-33-44(31-38-25-27-45(28-26-38)58-34-39-18-8-4-9-19-39)51-46(54)32-41-22-12-1-2-13-23-42(30-37-16-6-3-7-17-37)48(56)59-36-43(52-47(41)55)24-14-15-29-50-49(57)60-35-40-20-10-5-11-21-40/h1,3-12,16-21,25-28,41-44,53H,2,13-15,22-24,29-36H2,(H,50,57)(H,51,54)(H,52,55). The molecule has 3 amide bonds. The number of hydrogen-bond acceptors (Lipinski definition) is 8. The Morgan fingerprint density at radius 3 is 2.13 bits per heavy atom. The van der Waals surface area contributed by atoms with E-state index in [1.807, 2.05) is 127 Å². The van der Waals surface area contributed by atoms with Gasteiger partial charge >= 0.3 is 12.1 Å². The monoisotopic (exact) mass is 817 g/mol. The van der Waals surface area contributed by atoms with Crippen molar-refractivity contribution in [1.82, 2.24) is 16.0 Å². The SMILES string of the molecule is O=C(CC1CC=CCCCC(Cc2ccccc2)C(=O)OCC(CCCCNC(=O)OCc2ccccc2)NC1=O)NC(CO)Cc1ccc(OCc2ccccc2)cc1. The fraction of sp³-hybridized carbons (Fsp3) is 0.388. The molecule has 0 spiro atoms. The number of allylic oxidation sites excluding steroid dienone is 2. The van der Waals surface area contributed by atoms with Crippen LogP contribution in [0.1, 0.15) is 73.6 Å². The van der Waals surface area contributed by atoms with Gasteiger partial charge in [0.15, 0.2) is 0 Å². The number of alkyl carbamates (subject to hydrolysis) is 1. The molecule has 318 valence electrons. The number of amides is 3. The molecule has 4 aromatic rings. The lowest BCUT2D eigenvalue weighted by Gasteiger charge is -2.24. The van der Waals surface area contributed by atoms with E-state index in [0.29, 0.717) is 58.1 Å². The third kappa shape index (κ3) is 16.7. The van der Waals surface area contributed by atoms with E-state index in [9.17, 15) is 24.3 Å². The van der Waals surface area contributed by atoms with Crippen molar-refractivity contribution in [3.05, 3.63) is 150 Å². The number of aliphatic hydroxyl groups is 1. The van der Waals surface area contributed by atoms with Gasteiger partial charge in [-0.25, -0.2) is 4.79 Å². The summed E-state index contributed by atoms with van der Waals surface area (Å²) < 4.78 is 17.1. The van der Waals surface area contributed by atoms with Crippen LogP contribution < -0.4 is 20.7 Å². The van der Waals surface area contributed by atoms with Crippen molar-refractivity contribution in [3.8, 4) is 5.75 Å². The van der Waals surface area contributed by atoms with Crippen LogP contribution >= 0.6 is 0 Å². The molecule has 4 atom stereocenters. The quantitative estimate of drug-likeness (QED) is 0.0461. The second kappa shape index (κ2) is 25.5. The highest BCUT2D eigenvalue weighted by Crippen LogP contribution is 2.21. The number of aliphatic hydroxyl groups excluding tert-OH is 1. The van der Waals surface area contributed by atoms with Crippen LogP contribution in [0.4, 0.5) is 4.79 Å². The first kappa shape index (κ1) is 45.1. The Balaban J connectivity index is 1.16. The number of esters is 1. The molecule has 60 heavy (non-hydrogen) atoms. The Labute approximate surface area is 353 Å². The summed E-state index contributed by atoms with van der Waals surface area (Å²) in [7, 11) is 0. The first-order valence-electron chi connectivity index (χ1n) is 21.1. The number of nitrogens with one attached hydrogen (secondary N) is 3. The fourth-order valence-corrected chi connectivity index (χ4v) is 7.06. The fourth-order valence-electron chi connectivity index (χ4n) is 7.06. The van der Waals surface area contributed by atoms with Crippen LogP contribution in [0.15, 0.2) is 127 Å². The van der Waals surface area contributed by atoms with E-state index in [0.717, 1.165) is 40.8 Å². The van der Waals surface area contributed by atoms with Gasteiger partial charge in [-0.05, 0) is 92.2 Å². The van der Waals surface area contributed by atoms with E-state index in [2.05, 4.69) is 16.0 Å². The molecule has 5 rings (SSSR count). The Hall–Kier alpha value is -5.94. The molecule has 11 heteroatoms. The molecule has 11 nitrogen and oxygen atoms in total. The average Bonchev–Trinajstić information content (AvgIpc) is 3.27. The second-order valence-electron chi connectivity index (χ2n) is 15.3. The van der Waals surface area contributed by atoms with Crippen molar-refractivity contribution >= 4 is 23.9 Å². The van der Waals surface area contributed by atoms with Crippen molar-refractivity contribution in [2.24, 2.45) is 11.8 Å². The highest BCUT2D eigenvalue weighted by molar-refractivity contribution is 5.86. The molecule has 4 aromatic carbocycles. The van der Waals surface area contributed by atoms with Crippen LogP contribution in [-0.4, -0.2) is 60.8 Å². The molecule has 1 aliphatic rings. The van der Waals surface area contributed by atoms with Crippen molar-refractivity contribution < 1.29 is 38.5 Å². The Morgan fingerprint density at radius 1 is 0.783 bits per heavy atom. The highest BCUT2D eigenvalue weighted by Gasteiger charge is 2.27. The van der Waals surface area contributed by atoms with Crippen LogP contribution in [0, 0.1) is 11.8 Å². The first-order chi connectivity index (χ1) is 29.3. The highest BCUT2D eigenvalue weighted by atomic mass is 16.5. The maximum atomic E-state index is 13.9. The predicted molar refractivity (Wildman–Crippen MR) is 231 cm³/mol. The van der Waals surface area contributed by atoms with Crippen LogP contribution in [0.3, 0.4) is 0 Å².